The van der Waals surface area contributed by atoms with Crippen molar-refractivity contribution in [3.63, 3.8) is 0 Å². The van der Waals surface area contributed by atoms with Crippen LogP contribution in [-0.2, 0) is 0 Å². The molecule has 0 aliphatic carbocycles. The lowest BCUT2D eigenvalue weighted by Crippen LogP contribution is -2.04. The molecule has 2 rings (SSSR count). The smallest absolute Gasteiger partial charge is 0.339 e. The highest BCUT2D eigenvalue weighted by molar-refractivity contribution is 5.94. The Labute approximate surface area is 103 Å². The quantitative estimate of drug-likeness (QED) is 0.801. The molecule has 0 aliphatic rings. The van der Waals surface area contributed by atoms with Crippen molar-refractivity contribution in [1.29, 1.82) is 0 Å². The zero-order chi connectivity index (χ0) is 13.1. The van der Waals surface area contributed by atoms with Crippen molar-refractivity contribution in [3.8, 4) is 11.1 Å². The highest BCUT2D eigenvalue weighted by Crippen LogP contribution is 2.22. The minimum Gasteiger partial charge on any atom is -0.478 e. The zero-order valence-corrected chi connectivity index (χ0v) is 9.33. The predicted molar refractivity (Wildman–Crippen MR) is 66.4 cm³/mol. The van der Waals surface area contributed by atoms with Gasteiger partial charge < -0.3 is 10.8 Å². The van der Waals surface area contributed by atoms with Gasteiger partial charge in [0.25, 0.3) is 0 Å². The molecule has 0 unspecified atom stereocenters. The van der Waals surface area contributed by atoms with Crippen LogP contribution < -0.4 is 5.73 Å². The standard InChI is InChI=1S/C13H10N2O3/c14-12-11(13(17)18)5-10(6-15-12)9-3-1-2-8(4-9)7-16/h1-7H,(H2,14,15)(H,17,18). The van der Waals surface area contributed by atoms with Gasteiger partial charge in [-0.3, -0.25) is 4.79 Å². The van der Waals surface area contributed by atoms with E-state index in [1.807, 2.05) is 0 Å². The fourth-order valence-electron chi connectivity index (χ4n) is 1.60. The summed E-state index contributed by atoms with van der Waals surface area (Å²) in [5.41, 5.74) is 7.26. The number of nitrogens with two attached hydrogens (primary N) is 1. The molecule has 0 saturated carbocycles. The summed E-state index contributed by atoms with van der Waals surface area (Å²) in [6.45, 7) is 0. The summed E-state index contributed by atoms with van der Waals surface area (Å²) in [6.07, 6.45) is 2.21. The van der Waals surface area contributed by atoms with E-state index in [1.54, 1.807) is 24.3 Å². The van der Waals surface area contributed by atoms with E-state index in [9.17, 15) is 9.59 Å². The van der Waals surface area contributed by atoms with Crippen molar-refractivity contribution in [2.75, 3.05) is 5.73 Å². The number of rotatable bonds is 3. The summed E-state index contributed by atoms with van der Waals surface area (Å²) in [7, 11) is 0. The largest absolute Gasteiger partial charge is 0.478 e. The number of aromatic nitrogens is 1. The van der Waals surface area contributed by atoms with E-state index in [1.165, 1.54) is 12.3 Å². The van der Waals surface area contributed by atoms with Gasteiger partial charge in [0.1, 0.15) is 17.7 Å². The molecule has 0 amide bonds. The predicted octanol–water partition coefficient (Wildman–Crippen LogP) is 1.84. The van der Waals surface area contributed by atoms with Crippen LogP contribution >= 0.6 is 0 Å². The van der Waals surface area contributed by atoms with Gasteiger partial charge in [-0.15, -0.1) is 0 Å². The van der Waals surface area contributed by atoms with Crippen molar-refractivity contribution in [2.45, 2.75) is 0 Å². The summed E-state index contributed by atoms with van der Waals surface area (Å²) >= 11 is 0. The van der Waals surface area contributed by atoms with Crippen LogP contribution in [0.15, 0.2) is 36.5 Å². The van der Waals surface area contributed by atoms with Crippen LogP contribution in [0.1, 0.15) is 20.7 Å². The molecule has 0 aliphatic heterocycles. The number of hydrogen-bond donors (Lipinski definition) is 2. The van der Waals surface area contributed by atoms with E-state index < -0.39 is 5.97 Å². The lowest BCUT2D eigenvalue weighted by atomic mass is 10.0. The van der Waals surface area contributed by atoms with Gasteiger partial charge in [-0.2, -0.15) is 0 Å². The first-order chi connectivity index (χ1) is 8.61. The van der Waals surface area contributed by atoms with Gasteiger partial charge in [0, 0.05) is 17.3 Å². The van der Waals surface area contributed by atoms with Crippen molar-refractivity contribution in [3.05, 3.63) is 47.7 Å². The second-order valence-corrected chi connectivity index (χ2v) is 3.71. The molecule has 90 valence electrons. The normalized spacial score (nSPS) is 10.0. The maximum Gasteiger partial charge on any atom is 0.339 e. The molecule has 1 aromatic heterocycles. The topological polar surface area (TPSA) is 93.3 Å². The van der Waals surface area contributed by atoms with Crippen molar-refractivity contribution in [1.82, 2.24) is 4.98 Å². The number of benzene rings is 1. The first kappa shape index (κ1) is 11.8. The molecule has 0 atom stereocenters. The van der Waals surface area contributed by atoms with Gasteiger partial charge in [-0.05, 0) is 17.7 Å². The molecule has 5 nitrogen and oxygen atoms in total. The van der Waals surface area contributed by atoms with Crippen molar-refractivity contribution in [2.24, 2.45) is 0 Å². The number of aldehydes is 1. The van der Waals surface area contributed by atoms with Crippen LogP contribution in [0.2, 0.25) is 0 Å². The lowest BCUT2D eigenvalue weighted by Gasteiger charge is -2.05. The van der Waals surface area contributed by atoms with Gasteiger partial charge in [-0.1, -0.05) is 18.2 Å². The average molecular weight is 242 g/mol. The molecule has 0 saturated heterocycles. The van der Waals surface area contributed by atoms with Crippen molar-refractivity contribution >= 4 is 18.1 Å². The second-order valence-electron chi connectivity index (χ2n) is 3.71. The molecule has 0 fully saturated rings. The maximum absolute atomic E-state index is 11.0. The third kappa shape index (κ3) is 2.20. The van der Waals surface area contributed by atoms with Crippen molar-refractivity contribution < 1.29 is 14.7 Å². The Morgan fingerprint density at radius 3 is 2.72 bits per heavy atom. The van der Waals surface area contributed by atoms with Crippen LogP contribution in [0.5, 0.6) is 0 Å². The van der Waals surface area contributed by atoms with Gasteiger partial charge in [0.2, 0.25) is 0 Å². The number of carbonyl (C=O) groups is 2. The Morgan fingerprint density at radius 1 is 1.28 bits per heavy atom. The number of pyridine rings is 1. The molecule has 3 N–H and O–H groups in total. The fraction of sp³-hybridized carbons (Fsp3) is 0. The summed E-state index contributed by atoms with van der Waals surface area (Å²) in [5.74, 6) is -1.16. The van der Waals surface area contributed by atoms with E-state index in [-0.39, 0.29) is 11.4 Å². The Bertz CT molecular complexity index is 623. The third-order valence-electron chi connectivity index (χ3n) is 2.50. The molecule has 1 heterocycles. The number of carbonyl (C=O) groups excluding carboxylic acids is 1. The van der Waals surface area contributed by atoms with E-state index >= 15 is 0 Å². The van der Waals surface area contributed by atoms with E-state index in [4.69, 9.17) is 10.8 Å². The molecular formula is C13H10N2O3. The molecule has 0 bridgehead atoms. The van der Waals surface area contributed by atoms with Crippen LogP contribution in [-0.4, -0.2) is 22.3 Å². The Balaban J connectivity index is 2.53. The minimum absolute atomic E-state index is 0.0298. The highest BCUT2D eigenvalue weighted by atomic mass is 16.4. The Hall–Kier alpha value is -2.69. The SMILES string of the molecule is Nc1ncc(-c2cccc(C=O)c2)cc1C(=O)O. The number of carboxylic acid groups (broad SMARTS) is 1. The van der Waals surface area contributed by atoms with Crippen LogP contribution in [0.4, 0.5) is 5.82 Å². The van der Waals surface area contributed by atoms with Crippen LogP contribution in [0, 0.1) is 0 Å². The van der Waals surface area contributed by atoms with Gasteiger partial charge in [-0.25, -0.2) is 9.78 Å². The van der Waals surface area contributed by atoms with Gasteiger partial charge in [0.05, 0.1) is 0 Å². The first-order valence-corrected chi connectivity index (χ1v) is 5.16. The van der Waals surface area contributed by atoms with Gasteiger partial charge in [0.15, 0.2) is 0 Å². The fourth-order valence-corrected chi connectivity index (χ4v) is 1.60. The number of nitrogen functional groups attached to an aromatic ring is 1. The zero-order valence-electron chi connectivity index (χ0n) is 9.33. The monoisotopic (exact) mass is 242 g/mol. The first-order valence-electron chi connectivity index (χ1n) is 5.16. The lowest BCUT2D eigenvalue weighted by molar-refractivity contribution is 0.0697. The molecular weight excluding hydrogens is 232 g/mol. The summed E-state index contributed by atoms with van der Waals surface area (Å²) in [5, 5.41) is 8.96. The number of anilines is 1. The molecule has 1 aromatic carbocycles. The summed E-state index contributed by atoms with van der Waals surface area (Å²) < 4.78 is 0. The second kappa shape index (κ2) is 4.67. The van der Waals surface area contributed by atoms with Crippen LogP contribution in [0.3, 0.4) is 0 Å². The number of hydrogen-bond acceptors (Lipinski definition) is 4. The third-order valence-corrected chi connectivity index (χ3v) is 2.50. The van der Waals surface area contributed by atoms with E-state index in [2.05, 4.69) is 4.98 Å². The highest BCUT2D eigenvalue weighted by Gasteiger charge is 2.11. The molecule has 0 radical (unpaired) electrons. The molecule has 0 spiro atoms. The molecule has 2 aromatic rings. The van der Waals surface area contributed by atoms with E-state index in [0.717, 1.165) is 11.8 Å². The van der Waals surface area contributed by atoms with Gasteiger partial charge >= 0.3 is 5.97 Å². The Morgan fingerprint density at radius 2 is 2.06 bits per heavy atom. The average Bonchev–Trinajstić information content (AvgIpc) is 2.39. The Kier molecular flexibility index (Phi) is 3.05. The number of aromatic carboxylic acids is 1. The maximum atomic E-state index is 11.0. The summed E-state index contributed by atoms with van der Waals surface area (Å²) in [6, 6.07) is 8.25. The minimum atomic E-state index is -1.13. The van der Waals surface area contributed by atoms with Crippen LogP contribution in [0.25, 0.3) is 11.1 Å². The molecule has 5 heteroatoms. The van der Waals surface area contributed by atoms with E-state index in [0.29, 0.717) is 11.1 Å². The number of carboxylic acids is 1. The summed E-state index contributed by atoms with van der Waals surface area (Å²) in [4.78, 5) is 25.5. The number of nitrogens with zero attached hydrogens (tertiary/aromatic N) is 1. The molecule has 18 heavy (non-hydrogen) atoms.